The van der Waals surface area contributed by atoms with E-state index in [1.165, 1.54) is 6.26 Å². The second-order valence-electron chi connectivity index (χ2n) is 6.19. The van der Waals surface area contributed by atoms with E-state index in [4.69, 9.17) is 5.73 Å². The number of rotatable bonds is 7. The fraction of sp³-hybridized carbons (Fsp3) is 0.562. The van der Waals surface area contributed by atoms with Gasteiger partial charge in [0.1, 0.15) is 0 Å². The molecule has 5 nitrogen and oxygen atoms in total. The van der Waals surface area contributed by atoms with Crippen LogP contribution >= 0.6 is 0 Å². The Balaban J connectivity index is 2.65. The zero-order valence-corrected chi connectivity index (χ0v) is 14.6. The molecular weight excluding hydrogens is 300 g/mol. The Labute approximate surface area is 133 Å². The van der Waals surface area contributed by atoms with Crippen molar-refractivity contribution in [2.45, 2.75) is 32.1 Å². The van der Waals surface area contributed by atoms with Gasteiger partial charge in [0.05, 0.1) is 5.75 Å². The third kappa shape index (κ3) is 6.15. The van der Waals surface area contributed by atoms with Crippen LogP contribution in [0.25, 0.3) is 0 Å². The molecule has 0 aromatic heterocycles. The molecule has 1 rings (SSSR count). The minimum Gasteiger partial charge on any atom is -0.342 e. The topological polar surface area (TPSA) is 80.5 Å². The predicted molar refractivity (Wildman–Crippen MR) is 89.4 cm³/mol. The molecule has 0 bridgehead atoms. The van der Waals surface area contributed by atoms with E-state index in [1.54, 1.807) is 36.2 Å². The SMILES string of the molecule is CC(C)C(N)CCN(C)C(=O)c1ccc(CS(C)(=O)=O)cc1. The average Bonchev–Trinajstić information content (AvgIpc) is 2.42. The Bertz CT molecular complexity index is 594. The standard InChI is InChI=1S/C16H26N2O3S/c1-12(2)15(17)9-10-18(3)16(19)14-7-5-13(6-8-14)11-22(4,20)21/h5-8,12,15H,9-11,17H2,1-4H3. The molecule has 0 saturated heterocycles. The third-order valence-electron chi connectivity index (χ3n) is 3.63. The summed E-state index contributed by atoms with van der Waals surface area (Å²) in [5.74, 6) is 0.293. The molecule has 2 N–H and O–H groups in total. The molecule has 1 aromatic rings. The lowest BCUT2D eigenvalue weighted by Crippen LogP contribution is -2.34. The van der Waals surface area contributed by atoms with Crippen molar-refractivity contribution >= 4 is 15.7 Å². The first-order valence-electron chi connectivity index (χ1n) is 7.38. The maximum atomic E-state index is 12.3. The van der Waals surface area contributed by atoms with Gasteiger partial charge in [-0.05, 0) is 30.0 Å². The first-order chi connectivity index (χ1) is 10.1. The molecule has 1 unspecified atom stereocenters. The Morgan fingerprint density at radius 3 is 2.23 bits per heavy atom. The summed E-state index contributed by atoms with van der Waals surface area (Å²) >= 11 is 0. The fourth-order valence-electron chi connectivity index (χ4n) is 2.04. The summed E-state index contributed by atoms with van der Waals surface area (Å²) in [4.78, 5) is 13.9. The molecule has 6 heteroatoms. The summed E-state index contributed by atoms with van der Waals surface area (Å²) in [5.41, 5.74) is 7.22. The second-order valence-corrected chi connectivity index (χ2v) is 8.33. The largest absolute Gasteiger partial charge is 0.342 e. The quantitative estimate of drug-likeness (QED) is 0.826. The van der Waals surface area contributed by atoms with E-state index in [1.807, 2.05) is 0 Å². The zero-order chi connectivity index (χ0) is 16.9. The number of carbonyl (C=O) groups excluding carboxylic acids is 1. The minimum absolute atomic E-state index is 0.0133. The van der Waals surface area contributed by atoms with Gasteiger partial charge < -0.3 is 10.6 Å². The summed E-state index contributed by atoms with van der Waals surface area (Å²) in [6, 6.07) is 6.78. The highest BCUT2D eigenvalue weighted by Crippen LogP contribution is 2.11. The Morgan fingerprint density at radius 1 is 1.23 bits per heavy atom. The number of nitrogens with zero attached hydrogens (tertiary/aromatic N) is 1. The third-order valence-corrected chi connectivity index (χ3v) is 4.49. The van der Waals surface area contributed by atoms with Crippen LogP contribution in [0.3, 0.4) is 0 Å². The van der Waals surface area contributed by atoms with Crippen molar-refractivity contribution in [3.8, 4) is 0 Å². The van der Waals surface area contributed by atoms with Crippen LogP contribution in [0, 0.1) is 5.92 Å². The predicted octanol–water partition coefficient (Wildman–Crippen LogP) is 1.68. The van der Waals surface area contributed by atoms with Gasteiger partial charge in [-0.2, -0.15) is 0 Å². The van der Waals surface area contributed by atoms with Crippen molar-refractivity contribution in [2.24, 2.45) is 11.7 Å². The van der Waals surface area contributed by atoms with Crippen molar-refractivity contribution in [1.82, 2.24) is 4.90 Å². The maximum Gasteiger partial charge on any atom is 0.253 e. The van der Waals surface area contributed by atoms with Gasteiger partial charge in [-0.1, -0.05) is 26.0 Å². The van der Waals surface area contributed by atoms with E-state index in [-0.39, 0.29) is 17.7 Å². The summed E-state index contributed by atoms with van der Waals surface area (Å²) in [7, 11) is -1.31. The van der Waals surface area contributed by atoms with Crippen LogP contribution in [0.1, 0.15) is 36.2 Å². The van der Waals surface area contributed by atoms with Crippen LogP contribution < -0.4 is 5.73 Å². The number of carbonyl (C=O) groups is 1. The van der Waals surface area contributed by atoms with Gasteiger partial charge in [0.25, 0.3) is 5.91 Å². The molecule has 0 spiro atoms. The van der Waals surface area contributed by atoms with Crippen molar-refractivity contribution in [3.63, 3.8) is 0 Å². The summed E-state index contributed by atoms with van der Waals surface area (Å²) in [5, 5.41) is 0. The van der Waals surface area contributed by atoms with Gasteiger partial charge in [0.2, 0.25) is 0 Å². The van der Waals surface area contributed by atoms with E-state index in [2.05, 4.69) is 13.8 Å². The summed E-state index contributed by atoms with van der Waals surface area (Å²) in [6.45, 7) is 4.73. The molecule has 0 heterocycles. The molecule has 1 aromatic carbocycles. The van der Waals surface area contributed by atoms with E-state index < -0.39 is 9.84 Å². The lowest BCUT2D eigenvalue weighted by atomic mass is 10.0. The van der Waals surface area contributed by atoms with Gasteiger partial charge in [0.15, 0.2) is 9.84 Å². The van der Waals surface area contributed by atoms with Crippen LogP contribution in [0.4, 0.5) is 0 Å². The van der Waals surface area contributed by atoms with Crippen LogP contribution in [-0.4, -0.2) is 45.1 Å². The number of nitrogens with two attached hydrogens (primary N) is 1. The average molecular weight is 326 g/mol. The van der Waals surface area contributed by atoms with Crippen LogP contribution in [0.15, 0.2) is 24.3 Å². The van der Waals surface area contributed by atoms with Crippen molar-refractivity contribution in [3.05, 3.63) is 35.4 Å². The first-order valence-corrected chi connectivity index (χ1v) is 9.44. The molecule has 0 aliphatic carbocycles. The monoisotopic (exact) mass is 326 g/mol. The Kier molecular flexibility index (Phi) is 6.56. The van der Waals surface area contributed by atoms with Crippen LogP contribution in [0.5, 0.6) is 0 Å². The number of hydrogen-bond acceptors (Lipinski definition) is 4. The lowest BCUT2D eigenvalue weighted by Gasteiger charge is -2.21. The zero-order valence-electron chi connectivity index (χ0n) is 13.7. The highest BCUT2D eigenvalue weighted by molar-refractivity contribution is 7.89. The van der Waals surface area contributed by atoms with Gasteiger partial charge in [0, 0.05) is 31.5 Å². The Morgan fingerprint density at radius 2 is 1.77 bits per heavy atom. The summed E-state index contributed by atoms with van der Waals surface area (Å²) < 4.78 is 22.5. The molecule has 0 saturated carbocycles. The van der Waals surface area contributed by atoms with E-state index in [9.17, 15) is 13.2 Å². The number of sulfone groups is 1. The van der Waals surface area contributed by atoms with E-state index in [0.717, 1.165) is 6.42 Å². The highest BCUT2D eigenvalue weighted by Gasteiger charge is 2.14. The molecule has 0 fully saturated rings. The maximum absolute atomic E-state index is 12.3. The molecule has 1 atom stereocenters. The van der Waals surface area contributed by atoms with Crippen LogP contribution in [-0.2, 0) is 15.6 Å². The minimum atomic E-state index is -3.06. The number of hydrogen-bond donors (Lipinski definition) is 1. The van der Waals surface area contributed by atoms with E-state index in [0.29, 0.717) is 23.6 Å². The molecule has 0 aliphatic heterocycles. The lowest BCUT2D eigenvalue weighted by molar-refractivity contribution is 0.0789. The van der Waals surface area contributed by atoms with Gasteiger partial charge in [-0.15, -0.1) is 0 Å². The number of benzene rings is 1. The second kappa shape index (κ2) is 7.74. The van der Waals surface area contributed by atoms with Crippen molar-refractivity contribution in [1.29, 1.82) is 0 Å². The van der Waals surface area contributed by atoms with Crippen LogP contribution in [0.2, 0.25) is 0 Å². The molecule has 0 radical (unpaired) electrons. The van der Waals surface area contributed by atoms with Gasteiger partial charge in [-0.3, -0.25) is 4.79 Å². The normalized spacial score (nSPS) is 13.2. The Hall–Kier alpha value is -1.40. The molecule has 1 amide bonds. The molecular formula is C16H26N2O3S. The van der Waals surface area contributed by atoms with Crippen molar-refractivity contribution < 1.29 is 13.2 Å². The molecule has 0 aliphatic rings. The number of amides is 1. The molecule has 124 valence electrons. The van der Waals surface area contributed by atoms with Gasteiger partial charge in [-0.25, -0.2) is 8.42 Å². The smallest absolute Gasteiger partial charge is 0.253 e. The molecule has 22 heavy (non-hydrogen) atoms. The fourth-order valence-corrected chi connectivity index (χ4v) is 2.84. The highest BCUT2D eigenvalue weighted by atomic mass is 32.2. The summed E-state index contributed by atoms with van der Waals surface area (Å²) in [6.07, 6.45) is 1.95. The van der Waals surface area contributed by atoms with E-state index >= 15 is 0 Å². The van der Waals surface area contributed by atoms with Crippen molar-refractivity contribution in [2.75, 3.05) is 19.8 Å². The first kappa shape index (κ1) is 18.6. The van der Waals surface area contributed by atoms with Gasteiger partial charge >= 0.3 is 0 Å².